The smallest absolute Gasteiger partial charge is 0.130 e. The van der Waals surface area contributed by atoms with Crippen LogP contribution in [-0.4, -0.2) is 61.5 Å². The molecule has 5 aromatic rings. The summed E-state index contributed by atoms with van der Waals surface area (Å²) in [7, 11) is 0. The summed E-state index contributed by atoms with van der Waals surface area (Å²) in [6, 6.07) is 20.7. The molecule has 0 spiro atoms. The fraction of sp³-hybridized carbons (Fsp3) is 0.481. The van der Waals surface area contributed by atoms with E-state index in [1.807, 2.05) is 6.20 Å². The first kappa shape index (κ1) is 43.4. The van der Waals surface area contributed by atoms with Gasteiger partial charge in [0, 0.05) is 48.0 Å². The summed E-state index contributed by atoms with van der Waals surface area (Å²) in [5.74, 6) is 2.42. The summed E-state index contributed by atoms with van der Waals surface area (Å²) in [4.78, 5) is 21.2. The van der Waals surface area contributed by atoms with Crippen molar-refractivity contribution in [3.05, 3.63) is 122 Å². The van der Waals surface area contributed by atoms with Crippen molar-refractivity contribution in [2.75, 3.05) is 19.6 Å². The molecule has 328 valence electrons. The molecule has 4 heterocycles. The van der Waals surface area contributed by atoms with E-state index in [1.54, 1.807) is 6.33 Å². The van der Waals surface area contributed by atoms with Gasteiger partial charge in [-0.05, 0) is 122 Å². The van der Waals surface area contributed by atoms with Gasteiger partial charge in [-0.2, -0.15) is 0 Å². The van der Waals surface area contributed by atoms with Crippen molar-refractivity contribution in [1.82, 2.24) is 40.4 Å². The third kappa shape index (κ3) is 10.0. The Kier molecular flexibility index (Phi) is 14.2. The van der Waals surface area contributed by atoms with E-state index < -0.39 is 0 Å². The summed E-state index contributed by atoms with van der Waals surface area (Å²) < 4.78 is 0. The molecule has 4 aliphatic rings. The number of hydrogen-bond donors (Lipinski definition) is 4. The molecule has 0 bridgehead atoms. The van der Waals surface area contributed by atoms with Crippen LogP contribution in [0.5, 0.6) is 0 Å². The standard InChI is InChI=1S/C37H42N6.C17H30N2/c1-4-24(2)40-36(26-9-6-5-7-10-26)25(3)43-18-8-11-35(43)37-41-32-17-16-30(21-33(32)42-37)28-12-13-29-20-31(15-14-27(29)19-28)34-22-38-23-39-34;1-4-14(2)18-17(16-10-6-5-7-11-16)15(3)19-12-8-9-13-19/h12-17,19-23,26,35-36,40H,2-11,18H2,1H3,(H,38,39)(H,41,42);16-18H,2-13H2,1H3/t35-,36?;/m0./s1. The zero-order chi connectivity index (χ0) is 43.0. The number of benzene rings is 3. The Morgan fingerprint density at radius 2 is 1.24 bits per heavy atom. The first-order chi connectivity index (χ1) is 30.3. The van der Waals surface area contributed by atoms with Crippen LogP contribution >= 0.6 is 0 Å². The van der Waals surface area contributed by atoms with E-state index in [2.05, 4.69) is 124 Å². The van der Waals surface area contributed by atoms with Gasteiger partial charge in [-0.25, -0.2) is 9.97 Å². The Labute approximate surface area is 371 Å². The Balaban J connectivity index is 0.000000233. The molecule has 0 radical (unpaired) electrons. The summed E-state index contributed by atoms with van der Waals surface area (Å²) in [6.45, 7) is 25.3. The van der Waals surface area contributed by atoms with Gasteiger partial charge in [0.1, 0.15) is 5.82 Å². The second-order valence-corrected chi connectivity index (χ2v) is 18.6. The largest absolute Gasteiger partial charge is 0.380 e. The minimum Gasteiger partial charge on any atom is -0.380 e. The number of hydrogen-bond acceptors (Lipinski definition) is 6. The number of rotatable bonds is 15. The van der Waals surface area contributed by atoms with Gasteiger partial charge < -0.3 is 30.4 Å². The van der Waals surface area contributed by atoms with Gasteiger partial charge in [0.05, 0.1) is 47.4 Å². The fourth-order valence-corrected chi connectivity index (χ4v) is 10.7. The number of aromatic amines is 2. The molecule has 2 unspecified atom stereocenters. The molecule has 9 rings (SSSR count). The molecule has 0 amide bonds. The van der Waals surface area contributed by atoms with Gasteiger partial charge in [0.25, 0.3) is 0 Å². The number of nitrogens with zero attached hydrogens (tertiary/aromatic N) is 4. The normalized spacial score (nSPS) is 19.5. The maximum absolute atomic E-state index is 5.11. The van der Waals surface area contributed by atoms with Gasteiger partial charge in [0.2, 0.25) is 0 Å². The number of imidazole rings is 2. The molecule has 3 atom stereocenters. The molecule has 8 nitrogen and oxygen atoms in total. The van der Waals surface area contributed by atoms with Crippen molar-refractivity contribution in [2.45, 2.75) is 135 Å². The van der Waals surface area contributed by atoms with Crippen molar-refractivity contribution in [2.24, 2.45) is 11.8 Å². The van der Waals surface area contributed by atoms with Gasteiger partial charge in [0.15, 0.2) is 0 Å². The van der Waals surface area contributed by atoms with Crippen LogP contribution in [0, 0.1) is 11.8 Å². The molecular weight excluding hydrogens is 761 g/mol. The molecule has 2 aliphatic carbocycles. The Morgan fingerprint density at radius 3 is 1.85 bits per heavy atom. The van der Waals surface area contributed by atoms with Crippen molar-refractivity contribution in [1.29, 1.82) is 0 Å². The van der Waals surface area contributed by atoms with Gasteiger partial charge in [-0.3, -0.25) is 0 Å². The highest BCUT2D eigenvalue weighted by Crippen LogP contribution is 2.39. The zero-order valence-corrected chi connectivity index (χ0v) is 37.8. The number of allylic oxidation sites excluding steroid dienone is 2. The molecule has 2 saturated carbocycles. The molecule has 8 heteroatoms. The number of nitrogens with one attached hydrogen (secondary N) is 4. The summed E-state index contributed by atoms with van der Waals surface area (Å²) >= 11 is 0. The van der Waals surface area contributed by atoms with E-state index in [1.165, 1.54) is 123 Å². The predicted octanol–water partition coefficient (Wildman–Crippen LogP) is 12.9. The van der Waals surface area contributed by atoms with Crippen LogP contribution in [0.3, 0.4) is 0 Å². The lowest BCUT2D eigenvalue weighted by Gasteiger charge is -2.39. The third-order valence-electron chi connectivity index (χ3n) is 14.5. The predicted molar refractivity (Wildman–Crippen MR) is 260 cm³/mol. The average molecular weight is 833 g/mol. The van der Waals surface area contributed by atoms with Crippen molar-refractivity contribution in [3.8, 4) is 22.4 Å². The molecule has 3 aromatic carbocycles. The monoisotopic (exact) mass is 833 g/mol. The molecule has 2 aliphatic heterocycles. The maximum atomic E-state index is 5.11. The minimum absolute atomic E-state index is 0.218. The van der Waals surface area contributed by atoms with Crippen LogP contribution in [0.25, 0.3) is 44.2 Å². The van der Waals surface area contributed by atoms with E-state index in [-0.39, 0.29) is 12.1 Å². The number of likely N-dealkylation sites (tertiary alicyclic amines) is 2. The zero-order valence-electron chi connectivity index (χ0n) is 37.8. The maximum Gasteiger partial charge on any atom is 0.130 e. The SMILES string of the molecule is C=C(CC)NC(C(=C)N1CCCC1)C1CCCCC1.C=C(CC)NC(C(=C)N1CCC[C@H]1c1nc2ccc(-c3ccc4cc(-c5cnc[nH]5)ccc4c3)cc2[nH]1)C1CCCCC1. The second-order valence-electron chi connectivity index (χ2n) is 18.6. The Bertz CT molecular complexity index is 2300. The van der Waals surface area contributed by atoms with Crippen LogP contribution in [0.1, 0.15) is 128 Å². The Hall–Kier alpha value is -5.24. The van der Waals surface area contributed by atoms with Crippen LogP contribution in [0.4, 0.5) is 0 Å². The molecule has 2 saturated heterocycles. The highest BCUT2D eigenvalue weighted by atomic mass is 15.2. The van der Waals surface area contributed by atoms with Gasteiger partial charge >= 0.3 is 0 Å². The lowest BCUT2D eigenvalue weighted by molar-refractivity contribution is 0.231. The first-order valence-corrected chi connectivity index (χ1v) is 24.1. The second kappa shape index (κ2) is 20.3. The quantitative estimate of drug-likeness (QED) is 0.0840. The molecular formula is C54H72N8. The number of fused-ring (bicyclic) bond motifs is 2. The molecule has 62 heavy (non-hydrogen) atoms. The van der Waals surface area contributed by atoms with E-state index in [0.717, 1.165) is 77.7 Å². The first-order valence-electron chi connectivity index (χ1n) is 24.1. The van der Waals surface area contributed by atoms with E-state index in [4.69, 9.17) is 11.6 Å². The third-order valence-corrected chi connectivity index (χ3v) is 14.5. The summed E-state index contributed by atoms with van der Waals surface area (Å²) in [6.07, 6.45) is 23.8. The van der Waals surface area contributed by atoms with Crippen molar-refractivity contribution in [3.63, 3.8) is 0 Å². The number of aromatic nitrogens is 4. The van der Waals surface area contributed by atoms with E-state index in [9.17, 15) is 0 Å². The van der Waals surface area contributed by atoms with Crippen molar-refractivity contribution < 1.29 is 0 Å². The lowest BCUT2D eigenvalue weighted by Crippen LogP contribution is -2.43. The van der Waals surface area contributed by atoms with Crippen LogP contribution in [0.15, 0.2) is 116 Å². The fourth-order valence-electron chi connectivity index (χ4n) is 10.7. The lowest BCUT2D eigenvalue weighted by atomic mass is 9.82. The van der Waals surface area contributed by atoms with Gasteiger partial charge in [-0.1, -0.05) is 109 Å². The summed E-state index contributed by atoms with van der Waals surface area (Å²) in [5.41, 5.74) is 11.5. The molecule has 2 aromatic heterocycles. The highest BCUT2D eigenvalue weighted by Gasteiger charge is 2.36. The van der Waals surface area contributed by atoms with E-state index in [0.29, 0.717) is 12.0 Å². The topological polar surface area (TPSA) is 87.9 Å². The van der Waals surface area contributed by atoms with Crippen LogP contribution < -0.4 is 10.6 Å². The number of H-pyrrole nitrogens is 2. The Morgan fingerprint density at radius 1 is 0.661 bits per heavy atom. The van der Waals surface area contributed by atoms with Crippen LogP contribution in [-0.2, 0) is 0 Å². The van der Waals surface area contributed by atoms with Gasteiger partial charge in [-0.15, -0.1) is 0 Å². The van der Waals surface area contributed by atoms with E-state index >= 15 is 0 Å². The highest BCUT2D eigenvalue weighted by molar-refractivity contribution is 5.91. The average Bonchev–Trinajstić information content (AvgIpc) is 4.18. The molecule has 4 fully saturated rings. The van der Waals surface area contributed by atoms with Crippen LogP contribution in [0.2, 0.25) is 0 Å². The molecule has 4 N–H and O–H groups in total. The van der Waals surface area contributed by atoms with Crippen molar-refractivity contribution >= 4 is 21.8 Å². The summed E-state index contributed by atoms with van der Waals surface area (Å²) in [5, 5.41) is 9.90. The minimum atomic E-state index is 0.218.